The van der Waals surface area contributed by atoms with Crippen LogP contribution in [0.5, 0.6) is 0 Å². The number of fused-ring (bicyclic) bond motifs is 2. The van der Waals surface area contributed by atoms with Crippen LogP contribution in [0.25, 0.3) is 21.9 Å². The Hall–Kier alpha value is -3.70. The highest BCUT2D eigenvalue weighted by Crippen LogP contribution is 2.26. The summed E-state index contributed by atoms with van der Waals surface area (Å²) in [6.45, 7) is 0. The van der Waals surface area contributed by atoms with E-state index in [1.807, 2.05) is 84.4 Å². The van der Waals surface area contributed by atoms with Gasteiger partial charge in [0.2, 0.25) is 0 Å². The number of rotatable bonds is 4. The highest BCUT2D eigenvalue weighted by Gasteiger charge is 2.23. The van der Waals surface area contributed by atoms with Gasteiger partial charge in [0.1, 0.15) is 17.0 Å². The van der Waals surface area contributed by atoms with Crippen molar-refractivity contribution in [3.63, 3.8) is 0 Å². The van der Waals surface area contributed by atoms with Gasteiger partial charge in [-0.2, -0.15) is 0 Å². The Morgan fingerprint density at radius 1 is 0.903 bits per heavy atom. The van der Waals surface area contributed by atoms with Crippen molar-refractivity contribution in [1.29, 1.82) is 0 Å². The van der Waals surface area contributed by atoms with E-state index in [1.165, 1.54) is 0 Å². The number of hydrogen-bond donors (Lipinski definition) is 1. The average molecular weight is 427 g/mol. The number of para-hydroxylation sites is 2. The Kier molecular flexibility index (Phi) is 4.88. The second kappa shape index (κ2) is 7.85. The van der Waals surface area contributed by atoms with E-state index in [0.717, 1.165) is 33.3 Å². The van der Waals surface area contributed by atoms with E-state index >= 15 is 0 Å². The number of aromatic nitrogens is 3. The summed E-state index contributed by atoms with van der Waals surface area (Å²) < 4.78 is 2.03. The highest BCUT2D eigenvalue weighted by atomic mass is 35.5. The molecule has 0 bridgehead atoms. The molecule has 0 aliphatic carbocycles. The topological polar surface area (TPSA) is 59.8 Å². The van der Waals surface area contributed by atoms with E-state index in [-0.39, 0.29) is 5.91 Å². The van der Waals surface area contributed by atoms with Crippen LogP contribution in [0, 0.1) is 0 Å². The zero-order valence-electron chi connectivity index (χ0n) is 16.8. The molecule has 0 spiro atoms. The number of pyridine rings is 1. The first kappa shape index (κ1) is 19.3. The minimum absolute atomic E-state index is 0.183. The molecule has 1 atom stereocenters. The summed E-state index contributed by atoms with van der Waals surface area (Å²) in [7, 11) is 1.97. The fourth-order valence-corrected chi connectivity index (χ4v) is 3.98. The quantitative estimate of drug-likeness (QED) is 0.397. The van der Waals surface area contributed by atoms with Gasteiger partial charge in [0.05, 0.1) is 16.6 Å². The molecule has 1 N–H and O–H groups in total. The van der Waals surface area contributed by atoms with Gasteiger partial charge >= 0.3 is 0 Å². The van der Waals surface area contributed by atoms with Gasteiger partial charge in [-0.15, -0.1) is 0 Å². The molecule has 152 valence electrons. The molecule has 5 rings (SSSR count). The van der Waals surface area contributed by atoms with Gasteiger partial charge in [0.15, 0.2) is 0 Å². The molecule has 0 aliphatic rings. The average Bonchev–Trinajstić information content (AvgIpc) is 3.14. The third-order valence-electron chi connectivity index (χ3n) is 5.41. The lowest BCUT2D eigenvalue weighted by molar-refractivity contribution is 0.0941. The Morgan fingerprint density at radius 3 is 2.48 bits per heavy atom. The van der Waals surface area contributed by atoms with Gasteiger partial charge < -0.3 is 9.88 Å². The van der Waals surface area contributed by atoms with Gasteiger partial charge in [-0.3, -0.25) is 4.79 Å². The first-order valence-corrected chi connectivity index (χ1v) is 10.3. The van der Waals surface area contributed by atoms with Crippen molar-refractivity contribution < 1.29 is 4.79 Å². The second-order valence-corrected chi connectivity index (χ2v) is 7.76. The highest BCUT2D eigenvalue weighted by molar-refractivity contribution is 6.29. The minimum Gasteiger partial charge on any atom is -0.338 e. The molecule has 5 nitrogen and oxygen atoms in total. The molecule has 3 aromatic carbocycles. The van der Waals surface area contributed by atoms with Crippen LogP contribution in [-0.4, -0.2) is 20.4 Å². The lowest BCUT2D eigenvalue weighted by Crippen LogP contribution is -2.31. The normalized spacial score (nSPS) is 12.2. The Bertz CT molecular complexity index is 1410. The molecule has 1 unspecified atom stereocenters. The molecule has 2 heterocycles. The lowest BCUT2D eigenvalue weighted by Gasteiger charge is -2.19. The van der Waals surface area contributed by atoms with Crippen molar-refractivity contribution in [3.8, 4) is 0 Å². The summed E-state index contributed by atoms with van der Waals surface area (Å²) in [5.74, 6) is 0.591. The number of carbonyl (C=O) groups excluding carboxylic acids is 1. The largest absolute Gasteiger partial charge is 0.338 e. The molecular weight excluding hydrogens is 408 g/mol. The molecule has 5 aromatic rings. The third kappa shape index (κ3) is 3.64. The molecule has 0 radical (unpaired) electrons. The maximum Gasteiger partial charge on any atom is 0.252 e. The molecule has 6 heteroatoms. The summed E-state index contributed by atoms with van der Waals surface area (Å²) in [5, 5.41) is 4.46. The van der Waals surface area contributed by atoms with E-state index in [4.69, 9.17) is 16.6 Å². The molecule has 2 aromatic heterocycles. The van der Waals surface area contributed by atoms with Crippen LogP contribution in [0.3, 0.4) is 0 Å². The molecule has 0 aliphatic heterocycles. The maximum absolute atomic E-state index is 13.2. The van der Waals surface area contributed by atoms with Crippen LogP contribution in [0.2, 0.25) is 5.15 Å². The summed E-state index contributed by atoms with van der Waals surface area (Å²) in [6.07, 6.45) is 0. The number of benzene rings is 3. The number of nitrogens with zero attached hydrogens (tertiary/aromatic N) is 3. The fourth-order valence-electron chi connectivity index (χ4n) is 3.82. The first-order valence-electron chi connectivity index (χ1n) is 9.93. The molecule has 31 heavy (non-hydrogen) atoms. The molecular formula is C25H19ClN4O. The Balaban J connectivity index is 1.55. The van der Waals surface area contributed by atoms with Crippen LogP contribution in [-0.2, 0) is 7.05 Å². The first-order chi connectivity index (χ1) is 15.1. The van der Waals surface area contributed by atoms with Gasteiger partial charge in [0, 0.05) is 18.0 Å². The van der Waals surface area contributed by atoms with Crippen LogP contribution >= 0.6 is 11.6 Å². The van der Waals surface area contributed by atoms with Crippen molar-refractivity contribution in [1.82, 2.24) is 19.9 Å². The van der Waals surface area contributed by atoms with Gasteiger partial charge in [-0.1, -0.05) is 54.1 Å². The van der Waals surface area contributed by atoms with E-state index in [9.17, 15) is 4.79 Å². The lowest BCUT2D eigenvalue weighted by atomic mass is 10.0. The Morgan fingerprint density at radius 2 is 1.68 bits per heavy atom. The number of amides is 1. The van der Waals surface area contributed by atoms with Crippen molar-refractivity contribution in [2.24, 2.45) is 7.05 Å². The SMILES string of the molecule is Cn1c(C(NC(=O)c2ccc3nc(Cl)ccc3c2)c2ccccc2)nc2ccccc21. The zero-order chi connectivity index (χ0) is 21.4. The zero-order valence-corrected chi connectivity index (χ0v) is 17.5. The van der Waals surface area contributed by atoms with Crippen molar-refractivity contribution in [2.45, 2.75) is 6.04 Å². The van der Waals surface area contributed by atoms with Gasteiger partial charge in [-0.05, 0) is 48.0 Å². The number of aryl methyl sites for hydroxylation is 1. The predicted molar refractivity (Wildman–Crippen MR) is 123 cm³/mol. The van der Waals surface area contributed by atoms with Crippen molar-refractivity contribution in [3.05, 3.63) is 107 Å². The maximum atomic E-state index is 13.2. The van der Waals surface area contributed by atoms with Gasteiger partial charge in [-0.25, -0.2) is 9.97 Å². The van der Waals surface area contributed by atoms with Gasteiger partial charge in [0.25, 0.3) is 5.91 Å². The summed E-state index contributed by atoms with van der Waals surface area (Å²) in [6, 6.07) is 26.4. The molecule has 0 saturated carbocycles. The smallest absolute Gasteiger partial charge is 0.252 e. The standard InChI is InChI=1S/C25H19ClN4O/c1-30-21-10-6-5-9-20(21)28-24(30)23(16-7-3-2-4-8-16)29-25(31)18-11-13-19-17(15-18)12-14-22(26)27-19/h2-15,23H,1H3,(H,29,31). The van der Waals surface area contributed by atoms with E-state index < -0.39 is 6.04 Å². The minimum atomic E-state index is -0.398. The number of halogens is 1. The number of nitrogens with one attached hydrogen (secondary N) is 1. The van der Waals surface area contributed by atoms with Crippen LogP contribution in [0.15, 0.2) is 84.9 Å². The second-order valence-electron chi connectivity index (χ2n) is 7.38. The van der Waals surface area contributed by atoms with Crippen LogP contribution in [0.1, 0.15) is 27.8 Å². The number of carbonyl (C=O) groups is 1. The number of hydrogen-bond acceptors (Lipinski definition) is 3. The fraction of sp³-hybridized carbons (Fsp3) is 0.0800. The van der Waals surface area contributed by atoms with Crippen molar-refractivity contribution >= 4 is 39.4 Å². The number of imidazole rings is 1. The van der Waals surface area contributed by atoms with Crippen LogP contribution < -0.4 is 5.32 Å². The monoisotopic (exact) mass is 426 g/mol. The third-order valence-corrected chi connectivity index (χ3v) is 5.62. The van der Waals surface area contributed by atoms with E-state index in [2.05, 4.69) is 10.3 Å². The molecule has 0 saturated heterocycles. The van der Waals surface area contributed by atoms with Crippen molar-refractivity contribution in [2.75, 3.05) is 0 Å². The molecule has 1 amide bonds. The van der Waals surface area contributed by atoms with E-state index in [0.29, 0.717) is 10.7 Å². The summed E-state index contributed by atoms with van der Waals surface area (Å²) in [4.78, 5) is 22.4. The summed E-state index contributed by atoms with van der Waals surface area (Å²) >= 11 is 5.97. The predicted octanol–water partition coefficient (Wildman–Crippen LogP) is 5.29. The summed E-state index contributed by atoms with van der Waals surface area (Å²) in [5.41, 5.74) is 4.17. The van der Waals surface area contributed by atoms with E-state index in [1.54, 1.807) is 12.1 Å². The molecule has 0 fully saturated rings. The van der Waals surface area contributed by atoms with Crippen LogP contribution in [0.4, 0.5) is 0 Å². The Labute approximate surface area is 184 Å².